The molecule has 1 aliphatic heterocycles. The molecule has 1 aliphatic rings. The van der Waals surface area contributed by atoms with E-state index in [0.29, 0.717) is 24.5 Å². The topological polar surface area (TPSA) is 54.5 Å². The van der Waals surface area contributed by atoms with Gasteiger partial charge in [0.25, 0.3) is 5.91 Å². The molecule has 0 unspecified atom stereocenters. The Balaban J connectivity index is 1.71. The molecule has 1 fully saturated rings. The number of anilines is 2. The first kappa shape index (κ1) is 16.5. The molecule has 0 saturated carbocycles. The van der Waals surface area contributed by atoms with E-state index in [0.717, 1.165) is 29.8 Å². The minimum Gasteiger partial charge on any atom is -0.378 e. The molecule has 1 amide bonds. The third kappa shape index (κ3) is 3.36. The summed E-state index contributed by atoms with van der Waals surface area (Å²) in [5.74, 6) is 0.174. The number of ether oxygens (including phenoxy) is 1. The van der Waals surface area contributed by atoms with Crippen molar-refractivity contribution in [3.8, 4) is 0 Å². The Hall–Kier alpha value is -2.99. The van der Waals surface area contributed by atoms with E-state index in [2.05, 4.69) is 10.2 Å². The molecule has 26 heavy (non-hydrogen) atoms. The van der Waals surface area contributed by atoms with Crippen LogP contribution in [0.4, 0.5) is 15.9 Å². The Morgan fingerprint density at radius 3 is 2.58 bits per heavy atom. The van der Waals surface area contributed by atoms with Crippen LogP contribution in [0.25, 0.3) is 10.9 Å². The van der Waals surface area contributed by atoms with E-state index >= 15 is 0 Å². The van der Waals surface area contributed by atoms with Crippen LogP contribution in [0.5, 0.6) is 0 Å². The van der Waals surface area contributed by atoms with E-state index in [9.17, 15) is 9.18 Å². The smallest absolute Gasteiger partial charge is 0.256 e. The molecular weight excluding hydrogens is 333 g/mol. The Morgan fingerprint density at radius 1 is 1.08 bits per heavy atom. The number of para-hydroxylation sites is 1. The predicted molar refractivity (Wildman–Crippen MR) is 99.1 cm³/mol. The molecule has 3 aromatic rings. The van der Waals surface area contributed by atoms with Crippen molar-refractivity contribution in [2.45, 2.75) is 0 Å². The number of nitrogens with one attached hydrogen (secondary N) is 1. The van der Waals surface area contributed by atoms with Crippen LogP contribution in [0.2, 0.25) is 0 Å². The molecule has 0 bridgehead atoms. The van der Waals surface area contributed by atoms with E-state index in [-0.39, 0.29) is 11.7 Å². The first-order valence-corrected chi connectivity index (χ1v) is 8.50. The van der Waals surface area contributed by atoms with Crippen LogP contribution in [0.15, 0.2) is 54.6 Å². The SMILES string of the molecule is O=C(Nc1ccc(F)cc1)c1cc(N2CCOCC2)nc2ccccc12. The lowest BCUT2D eigenvalue weighted by Crippen LogP contribution is -2.37. The number of benzene rings is 2. The minimum absolute atomic E-state index is 0.246. The molecular formula is C20H18FN3O2. The standard InChI is InChI=1S/C20H18FN3O2/c21-14-5-7-15(8-6-14)22-20(25)17-13-19(24-9-11-26-12-10-24)23-18-4-2-1-3-16(17)18/h1-8,13H,9-12H2,(H,22,25). The van der Waals surface area contributed by atoms with Crippen LogP contribution >= 0.6 is 0 Å². The molecule has 0 atom stereocenters. The van der Waals surface area contributed by atoms with Gasteiger partial charge >= 0.3 is 0 Å². The maximum Gasteiger partial charge on any atom is 0.256 e. The lowest BCUT2D eigenvalue weighted by Gasteiger charge is -2.28. The second kappa shape index (κ2) is 7.09. The minimum atomic E-state index is -0.341. The summed E-state index contributed by atoms with van der Waals surface area (Å²) in [7, 11) is 0. The molecule has 2 heterocycles. The first-order valence-electron chi connectivity index (χ1n) is 8.50. The summed E-state index contributed by atoms with van der Waals surface area (Å²) in [6.07, 6.45) is 0. The zero-order valence-electron chi connectivity index (χ0n) is 14.1. The van der Waals surface area contributed by atoms with Crippen molar-refractivity contribution >= 4 is 28.3 Å². The summed E-state index contributed by atoms with van der Waals surface area (Å²) in [4.78, 5) is 19.7. The number of nitrogens with zero attached hydrogens (tertiary/aromatic N) is 2. The van der Waals surface area contributed by atoms with E-state index in [4.69, 9.17) is 9.72 Å². The van der Waals surface area contributed by atoms with Crippen molar-refractivity contribution in [1.29, 1.82) is 0 Å². The largest absolute Gasteiger partial charge is 0.378 e. The van der Waals surface area contributed by atoms with Gasteiger partial charge in [-0.1, -0.05) is 18.2 Å². The van der Waals surface area contributed by atoms with Crippen LogP contribution in [0, 0.1) is 5.82 Å². The van der Waals surface area contributed by atoms with Gasteiger partial charge < -0.3 is 15.0 Å². The van der Waals surface area contributed by atoms with Crippen LogP contribution in [-0.4, -0.2) is 37.2 Å². The number of pyridine rings is 1. The van der Waals surface area contributed by atoms with Crippen LogP contribution in [-0.2, 0) is 4.74 Å². The Labute approximate surface area is 150 Å². The fourth-order valence-corrected chi connectivity index (χ4v) is 3.04. The van der Waals surface area contributed by atoms with E-state index in [1.807, 2.05) is 30.3 Å². The molecule has 1 aromatic heterocycles. The number of rotatable bonds is 3. The van der Waals surface area contributed by atoms with Gasteiger partial charge in [0, 0.05) is 24.2 Å². The maximum atomic E-state index is 13.1. The normalized spacial score (nSPS) is 14.4. The summed E-state index contributed by atoms with van der Waals surface area (Å²) in [5.41, 5.74) is 1.85. The highest BCUT2D eigenvalue weighted by Gasteiger charge is 2.18. The summed E-state index contributed by atoms with van der Waals surface area (Å²) in [5, 5.41) is 3.61. The number of hydrogen-bond donors (Lipinski definition) is 1. The third-order valence-electron chi connectivity index (χ3n) is 4.38. The summed E-state index contributed by atoms with van der Waals surface area (Å²) in [6.45, 7) is 2.77. The number of halogens is 1. The molecule has 132 valence electrons. The Bertz CT molecular complexity index is 937. The third-order valence-corrected chi connectivity index (χ3v) is 4.38. The lowest BCUT2D eigenvalue weighted by atomic mass is 10.1. The van der Waals surface area contributed by atoms with Crippen molar-refractivity contribution < 1.29 is 13.9 Å². The number of carbonyl (C=O) groups is 1. The van der Waals surface area contributed by atoms with Gasteiger partial charge in [-0.3, -0.25) is 4.79 Å². The van der Waals surface area contributed by atoms with E-state index < -0.39 is 0 Å². The number of aromatic nitrogens is 1. The average molecular weight is 351 g/mol. The van der Waals surface area contributed by atoms with E-state index in [1.165, 1.54) is 12.1 Å². The maximum absolute atomic E-state index is 13.1. The van der Waals surface area contributed by atoms with Gasteiger partial charge in [-0.2, -0.15) is 0 Å². The summed E-state index contributed by atoms with van der Waals surface area (Å²) >= 11 is 0. The number of carbonyl (C=O) groups excluding carboxylic acids is 1. The predicted octanol–water partition coefficient (Wildman–Crippen LogP) is 3.46. The van der Waals surface area contributed by atoms with Gasteiger partial charge in [0.15, 0.2) is 0 Å². The lowest BCUT2D eigenvalue weighted by molar-refractivity contribution is 0.102. The van der Waals surface area contributed by atoms with Crippen LogP contribution in [0.1, 0.15) is 10.4 Å². The van der Waals surface area contributed by atoms with E-state index in [1.54, 1.807) is 12.1 Å². The number of hydrogen-bond acceptors (Lipinski definition) is 4. The van der Waals surface area contributed by atoms with Gasteiger partial charge in [-0.25, -0.2) is 9.37 Å². The van der Waals surface area contributed by atoms with Crippen molar-refractivity contribution in [2.75, 3.05) is 36.5 Å². The monoisotopic (exact) mass is 351 g/mol. The molecule has 0 radical (unpaired) electrons. The molecule has 6 heteroatoms. The molecule has 4 rings (SSSR count). The Morgan fingerprint density at radius 2 is 1.81 bits per heavy atom. The molecule has 1 N–H and O–H groups in total. The zero-order valence-corrected chi connectivity index (χ0v) is 14.1. The van der Waals surface area contributed by atoms with Crippen LogP contribution < -0.4 is 10.2 Å². The zero-order chi connectivity index (χ0) is 17.9. The fraction of sp³-hybridized carbons (Fsp3) is 0.200. The summed E-state index contributed by atoms with van der Waals surface area (Å²) < 4.78 is 18.5. The van der Waals surface area contributed by atoms with Crippen molar-refractivity contribution in [2.24, 2.45) is 0 Å². The highest BCUT2D eigenvalue weighted by Crippen LogP contribution is 2.24. The molecule has 0 aliphatic carbocycles. The second-order valence-electron chi connectivity index (χ2n) is 6.11. The number of amides is 1. The molecule has 5 nitrogen and oxygen atoms in total. The van der Waals surface area contributed by atoms with Gasteiger partial charge in [0.05, 0.1) is 24.3 Å². The van der Waals surface area contributed by atoms with Gasteiger partial charge in [0.2, 0.25) is 0 Å². The molecule has 1 saturated heterocycles. The average Bonchev–Trinajstić information content (AvgIpc) is 2.69. The van der Waals surface area contributed by atoms with Crippen LogP contribution in [0.3, 0.4) is 0 Å². The highest BCUT2D eigenvalue weighted by atomic mass is 19.1. The highest BCUT2D eigenvalue weighted by molar-refractivity contribution is 6.13. The number of morpholine rings is 1. The number of fused-ring (bicyclic) bond motifs is 1. The summed E-state index contributed by atoms with van der Waals surface area (Å²) in [6, 6.07) is 15.1. The fourth-order valence-electron chi connectivity index (χ4n) is 3.04. The quantitative estimate of drug-likeness (QED) is 0.785. The van der Waals surface area contributed by atoms with Gasteiger partial charge in [-0.15, -0.1) is 0 Å². The first-order chi connectivity index (χ1) is 12.7. The van der Waals surface area contributed by atoms with Crippen molar-refractivity contribution in [3.63, 3.8) is 0 Å². The van der Waals surface area contributed by atoms with Gasteiger partial charge in [0.1, 0.15) is 11.6 Å². The van der Waals surface area contributed by atoms with Gasteiger partial charge in [-0.05, 0) is 36.4 Å². The molecule has 0 spiro atoms. The van der Waals surface area contributed by atoms with Crippen molar-refractivity contribution in [1.82, 2.24) is 4.98 Å². The van der Waals surface area contributed by atoms with Crippen molar-refractivity contribution in [3.05, 3.63) is 66.0 Å². The Kier molecular flexibility index (Phi) is 4.50. The second-order valence-corrected chi connectivity index (χ2v) is 6.11. The molecule has 2 aromatic carbocycles.